The molecular formula is C10H18N4O2. The number of nitrogens with one attached hydrogen (secondary N) is 1. The Morgan fingerprint density at radius 2 is 2.25 bits per heavy atom. The first-order valence-electron chi connectivity index (χ1n) is 5.19. The van der Waals surface area contributed by atoms with Gasteiger partial charge >= 0.3 is 6.09 Å². The van der Waals surface area contributed by atoms with E-state index in [0.717, 1.165) is 5.69 Å². The standard InChI is InChI=1S/C10H18N4O2/c1-10(2,3)16-9(15)11-6-5-8-7-12-13-14(8)4/h7H,5-6H2,1-4H3,(H,11,15). The van der Waals surface area contributed by atoms with Crippen molar-refractivity contribution in [2.75, 3.05) is 6.54 Å². The second-order valence-corrected chi connectivity index (χ2v) is 4.53. The molecule has 0 aliphatic rings. The van der Waals surface area contributed by atoms with Crippen molar-refractivity contribution in [1.82, 2.24) is 20.3 Å². The minimum Gasteiger partial charge on any atom is -0.444 e. The first-order chi connectivity index (χ1) is 7.38. The molecule has 0 spiro atoms. The summed E-state index contributed by atoms with van der Waals surface area (Å²) in [6.07, 6.45) is 1.96. The van der Waals surface area contributed by atoms with Gasteiger partial charge in [0.15, 0.2) is 0 Å². The van der Waals surface area contributed by atoms with Crippen LogP contribution in [0.25, 0.3) is 0 Å². The first kappa shape index (κ1) is 12.5. The predicted molar refractivity (Wildman–Crippen MR) is 58.9 cm³/mol. The lowest BCUT2D eigenvalue weighted by molar-refractivity contribution is 0.0528. The fraction of sp³-hybridized carbons (Fsp3) is 0.700. The molecule has 16 heavy (non-hydrogen) atoms. The molecule has 0 radical (unpaired) electrons. The Hall–Kier alpha value is -1.59. The summed E-state index contributed by atoms with van der Waals surface area (Å²) in [5.41, 5.74) is 0.508. The number of aryl methyl sites for hydroxylation is 1. The third-order valence-electron chi connectivity index (χ3n) is 1.86. The number of hydrogen-bond donors (Lipinski definition) is 1. The molecule has 0 aliphatic heterocycles. The Bertz CT molecular complexity index is 354. The molecule has 1 amide bonds. The number of aromatic nitrogens is 3. The largest absolute Gasteiger partial charge is 0.444 e. The summed E-state index contributed by atoms with van der Waals surface area (Å²) in [7, 11) is 1.82. The van der Waals surface area contributed by atoms with Gasteiger partial charge in [-0.1, -0.05) is 5.21 Å². The van der Waals surface area contributed by atoms with Gasteiger partial charge in [0.25, 0.3) is 0 Å². The van der Waals surface area contributed by atoms with Gasteiger partial charge in [-0.15, -0.1) is 5.10 Å². The van der Waals surface area contributed by atoms with Crippen LogP contribution in [-0.4, -0.2) is 33.2 Å². The van der Waals surface area contributed by atoms with E-state index in [2.05, 4.69) is 15.6 Å². The highest BCUT2D eigenvalue weighted by atomic mass is 16.6. The van der Waals surface area contributed by atoms with Crippen molar-refractivity contribution in [2.45, 2.75) is 32.8 Å². The molecule has 90 valence electrons. The van der Waals surface area contributed by atoms with Crippen molar-refractivity contribution >= 4 is 6.09 Å². The predicted octanol–water partition coefficient (Wildman–Crippen LogP) is 0.882. The average Bonchev–Trinajstić information content (AvgIpc) is 2.48. The highest BCUT2D eigenvalue weighted by Gasteiger charge is 2.15. The van der Waals surface area contributed by atoms with Gasteiger partial charge < -0.3 is 10.1 Å². The Morgan fingerprint density at radius 3 is 2.75 bits per heavy atom. The number of ether oxygens (including phenoxy) is 1. The van der Waals surface area contributed by atoms with Crippen LogP contribution in [0.4, 0.5) is 4.79 Å². The Kier molecular flexibility index (Phi) is 3.87. The third-order valence-corrected chi connectivity index (χ3v) is 1.86. The molecule has 6 heteroatoms. The second-order valence-electron chi connectivity index (χ2n) is 4.53. The van der Waals surface area contributed by atoms with Crippen LogP contribution in [0.15, 0.2) is 6.20 Å². The second kappa shape index (κ2) is 4.96. The van der Waals surface area contributed by atoms with Gasteiger partial charge in [0.05, 0.1) is 11.9 Å². The Labute approximate surface area is 95.0 Å². The van der Waals surface area contributed by atoms with E-state index in [4.69, 9.17) is 4.74 Å². The van der Waals surface area contributed by atoms with Gasteiger partial charge in [0, 0.05) is 20.0 Å². The van der Waals surface area contributed by atoms with Gasteiger partial charge in [-0.3, -0.25) is 4.68 Å². The van der Waals surface area contributed by atoms with E-state index in [-0.39, 0.29) is 0 Å². The lowest BCUT2D eigenvalue weighted by Crippen LogP contribution is -2.33. The van der Waals surface area contributed by atoms with Crippen LogP contribution < -0.4 is 5.32 Å². The van der Waals surface area contributed by atoms with Crippen LogP contribution in [-0.2, 0) is 18.2 Å². The zero-order valence-corrected chi connectivity index (χ0v) is 10.1. The Balaban J connectivity index is 2.26. The van der Waals surface area contributed by atoms with Crippen molar-refractivity contribution in [1.29, 1.82) is 0 Å². The highest BCUT2D eigenvalue weighted by molar-refractivity contribution is 5.67. The zero-order chi connectivity index (χ0) is 12.2. The summed E-state index contributed by atoms with van der Waals surface area (Å²) in [6.45, 7) is 6.00. The molecule has 1 N–H and O–H groups in total. The first-order valence-corrected chi connectivity index (χ1v) is 5.19. The zero-order valence-electron chi connectivity index (χ0n) is 10.1. The molecule has 1 aromatic rings. The van der Waals surface area contributed by atoms with Crippen molar-refractivity contribution < 1.29 is 9.53 Å². The molecule has 0 aliphatic carbocycles. The fourth-order valence-electron chi connectivity index (χ4n) is 1.14. The molecule has 6 nitrogen and oxygen atoms in total. The van der Waals surface area contributed by atoms with E-state index in [1.165, 1.54) is 0 Å². The molecule has 0 unspecified atom stereocenters. The van der Waals surface area contributed by atoms with Gasteiger partial charge in [-0.2, -0.15) is 0 Å². The van der Waals surface area contributed by atoms with Crippen molar-refractivity contribution in [3.63, 3.8) is 0 Å². The maximum absolute atomic E-state index is 11.3. The van der Waals surface area contributed by atoms with Crippen LogP contribution in [0, 0.1) is 0 Å². The highest BCUT2D eigenvalue weighted by Crippen LogP contribution is 2.06. The number of alkyl carbamates (subject to hydrolysis) is 1. The van der Waals surface area contributed by atoms with Crippen molar-refractivity contribution in [3.8, 4) is 0 Å². The minimum absolute atomic E-state index is 0.400. The smallest absolute Gasteiger partial charge is 0.407 e. The summed E-state index contributed by atoms with van der Waals surface area (Å²) >= 11 is 0. The maximum Gasteiger partial charge on any atom is 0.407 e. The van der Waals surface area contributed by atoms with Crippen molar-refractivity contribution in [3.05, 3.63) is 11.9 Å². The van der Waals surface area contributed by atoms with E-state index >= 15 is 0 Å². The molecular weight excluding hydrogens is 208 g/mol. The lowest BCUT2D eigenvalue weighted by atomic mass is 10.2. The molecule has 1 aromatic heterocycles. The van der Waals surface area contributed by atoms with Crippen molar-refractivity contribution in [2.24, 2.45) is 7.05 Å². The van der Waals surface area contributed by atoms with Gasteiger partial charge in [-0.25, -0.2) is 4.79 Å². The molecule has 0 atom stereocenters. The summed E-state index contributed by atoms with van der Waals surface area (Å²) in [5.74, 6) is 0. The molecule has 0 aromatic carbocycles. The number of carbonyl (C=O) groups excluding carboxylic acids is 1. The normalized spacial score (nSPS) is 11.2. The van der Waals surface area contributed by atoms with E-state index in [0.29, 0.717) is 13.0 Å². The Morgan fingerprint density at radius 1 is 1.56 bits per heavy atom. The van der Waals surface area contributed by atoms with Crippen LogP contribution in [0.3, 0.4) is 0 Å². The number of nitrogens with zero attached hydrogens (tertiary/aromatic N) is 3. The maximum atomic E-state index is 11.3. The van der Waals surface area contributed by atoms with Crippen LogP contribution >= 0.6 is 0 Å². The van der Waals surface area contributed by atoms with Gasteiger partial charge in [0.1, 0.15) is 5.60 Å². The summed E-state index contributed by atoms with van der Waals surface area (Å²) in [4.78, 5) is 11.3. The number of hydrogen-bond acceptors (Lipinski definition) is 4. The molecule has 0 saturated carbocycles. The fourth-order valence-corrected chi connectivity index (χ4v) is 1.14. The molecule has 1 rings (SSSR count). The third kappa shape index (κ3) is 4.29. The monoisotopic (exact) mass is 226 g/mol. The summed E-state index contributed by atoms with van der Waals surface area (Å²) < 4.78 is 6.78. The summed E-state index contributed by atoms with van der Waals surface area (Å²) in [5, 5.41) is 10.2. The quantitative estimate of drug-likeness (QED) is 0.830. The molecule has 1 heterocycles. The van der Waals surface area contributed by atoms with Gasteiger partial charge in [0.2, 0.25) is 0 Å². The SMILES string of the molecule is Cn1nncc1CCNC(=O)OC(C)(C)C. The van der Waals surface area contributed by atoms with E-state index in [1.807, 2.05) is 27.8 Å². The summed E-state index contributed by atoms with van der Waals surface area (Å²) in [6, 6.07) is 0. The molecule has 0 bridgehead atoms. The number of rotatable bonds is 3. The van der Waals surface area contributed by atoms with E-state index in [9.17, 15) is 4.79 Å². The topological polar surface area (TPSA) is 69.0 Å². The molecule has 0 saturated heterocycles. The number of amides is 1. The molecule has 0 fully saturated rings. The van der Waals surface area contributed by atoms with E-state index < -0.39 is 11.7 Å². The van der Waals surface area contributed by atoms with Crippen LogP contribution in [0.1, 0.15) is 26.5 Å². The van der Waals surface area contributed by atoms with Crippen LogP contribution in [0.2, 0.25) is 0 Å². The number of carbonyl (C=O) groups is 1. The van der Waals surface area contributed by atoms with Gasteiger partial charge in [-0.05, 0) is 20.8 Å². The lowest BCUT2D eigenvalue weighted by Gasteiger charge is -2.19. The minimum atomic E-state index is -0.460. The average molecular weight is 226 g/mol. The van der Waals surface area contributed by atoms with Crippen LogP contribution in [0.5, 0.6) is 0 Å². The van der Waals surface area contributed by atoms with E-state index in [1.54, 1.807) is 10.9 Å².